The molecule has 0 aliphatic carbocycles. The average Bonchev–Trinajstić information content (AvgIpc) is 2.91. The predicted molar refractivity (Wildman–Crippen MR) is 136 cm³/mol. The summed E-state index contributed by atoms with van der Waals surface area (Å²) in [7, 11) is 1.21. The fourth-order valence-corrected chi connectivity index (χ4v) is 4.83. The van der Waals surface area contributed by atoms with E-state index >= 15 is 0 Å². The number of amides is 4. The lowest BCUT2D eigenvalue weighted by molar-refractivity contribution is -0.148. The molecular formula is C26H37N5O7. The third kappa shape index (κ3) is 7.20. The van der Waals surface area contributed by atoms with E-state index in [1.54, 1.807) is 21.6 Å². The first kappa shape index (κ1) is 28.9. The summed E-state index contributed by atoms with van der Waals surface area (Å²) in [5, 5.41) is 2.47. The van der Waals surface area contributed by atoms with Crippen LogP contribution in [0.15, 0.2) is 12.1 Å². The van der Waals surface area contributed by atoms with Crippen molar-refractivity contribution in [3.05, 3.63) is 29.1 Å². The summed E-state index contributed by atoms with van der Waals surface area (Å²) in [5.74, 6) is -1.47. The molecule has 2 saturated heterocycles. The largest absolute Gasteiger partial charge is 0.467 e. The van der Waals surface area contributed by atoms with E-state index in [1.807, 2.05) is 19.1 Å². The first-order valence-corrected chi connectivity index (χ1v) is 13.0. The maximum absolute atomic E-state index is 13.5. The van der Waals surface area contributed by atoms with Crippen LogP contribution in [0, 0.1) is 6.92 Å². The van der Waals surface area contributed by atoms with Crippen LogP contribution in [0.5, 0.6) is 0 Å². The number of piperidine rings is 1. The first-order valence-electron chi connectivity index (χ1n) is 13.0. The maximum atomic E-state index is 13.5. The number of ether oxygens (including phenoxy) is 2. The third-order valence-electron chi connectivity index (χ3n) is 6.86. The molecule has 1 N–H and O–H groups in total. The number of aryl methyl sites for hydroxylation is 1. The minimum absolute atomic E-state index is 0.00882. The summed E-state index contributed by atoms with van der Waals surface area (Å²) < 4.78 is 9.77. The van der Waals surface area contributed by atoms with Crippen molar-refractivity contribution >= 4 is 29.8 Å². The molecule has 1 aromatic heterocycles. The Bertz CT molecular complexity index is 1050. The highest BCUT2D eigenvalue weighted by molar-refractivity contribution is 5.95. The Labute approximate surface area is 222 Å². The molecule has 1 aromatic rings. The number of esters is 1. The van der Waals surface area contributed by atoms with Gasteiger partial charge in [-0.25, -0.2) is 9.59 Å². The smallest absolute Gasteiger partial charge is 0.409 e. The molecule has 3 rings (SSSR count). The van der Waals surface area contributed by atoms with Gasteiger partial charge in [0.25, 0.3) is 5.91 Å². The second-order valence-electron chi connectivity index (χ2n) is 9.50. The number of hydrogen-bond donors (Lipinski definition) is 1. The molecular weight excluding hydrogens is 494 g/mol. The number of likely N-dealkylation sites (tertiary alicyclic amines) is 1. The number of carbonyl (C=O) groups excluding carboxylic acids is 5. The Hall–Kier alpha value is -3.70. The molecule has 2 fully saturated rings. The van der Waals surface area contributed by atoms with E-state index in [-0.39, 0.29) is 30.2 Å². The van der Waals surface area contributed by atoms with Gasteiger partial charge in [0.1, 0.15) is 6.04 Å². The van der Waals surface area contributed by atoms with Crippen LogP contribution in [0.1, 0.15) is 60.8 Å². The summed E-state index contributed by atoms with van der Waals surface area (Å²) in [6.07, 6.45) is 0.680. The van der Waals surface area contributed by atoms with E-state index in [4.69, 9.17) is 14.5 Å². The van der Waals surface area contributed by atoms with Gasteiger partial charge in [0.05, 0.1) is 31.4 Å². The van der Waals surface area contributed by atoms with Crippen molar-refractivity contribution in [1.82, 2.24) is 25.0 Å². The average molecular weight is 532 g/mol. The van der Waals surface area contributed by atoms with Gasteiger partial charge in [-0.15, -0.1) is 0 Å². The van der Waals surface area contributed by atoms with Crippen LogP contribution in [0.4, 0.5) is 4.79 Å². The SMILES string of the molecule is CCOC(=O)N1CCN(C(=O)c2ccc(C)nc2C2CCN(C(=O)CC(NC(C)=O)C(=O)OC)CC2)CC1. The molecule has 0 radical (unpaired) electrons. The number of piperazine rings is 1. The standard InChI is InChI=1S/C26H37N5O7/c1-5-38-26(36)31-14-12-30(13-15-31)24(34)20-7-6-17(2)27-23(20)19-8-10-29(11-9-19)22(33)16-21(25(35)37-4)28-18(3)32/h6-7,19,21H,5,8-16H2,1-4H3,(H,28,32). The van der Waals surface area contributed by atoms with E-state index in [2.05, 4.69) is 5.32 Å². The Morgan fingerprint density at radius 2 is 1.63 bits per heavy atom. The zero-order valence-electron chi connectivity index (χ0n) is 22.5. The summed E-state index contributed by atoms with van der Waals surface area (Å²) >= 11 is 0. The van der Waals surface area contributed by atoms with Gasteiger partial charge in [-0.2, -0.15) is 0 Å². The summed E-state index contributed by atoms with van der Waals surface area (Å²) in [5.41, 5.74) is 2.07. The highest BCUT2D eigenvalue weighted by atomic mass is 16.6. The minimum atomic E-state index is -1.03. The van der Waals surface area contributed by atoms with Gasteiger partial charge in [-0.1, -0.05) is 0 Å². The van der Waals surface area contributed by atoms with Gasteiger partial charge >= 0.3 is 12.1 Å². The molecule has 12 heteroatoms. The van der Waals surface area contributed by atoms with Crippen LogP contribution in [-0.2, 0) is 23.9 Å². The van der Waals surface area contributed by atoms with Crippen molar-refractivity contribution in [2.24, 2.45) is 0 Å². The predicted octanol–water partition coefficient (Wildman–Crippen LogP) is 1.08. The van der Waals surface area contributed by atoms with Gasteiger partial charge < -0.3 is 29.5 Å². The second-order valence-corrected chi connectivity index (χ2v) is 9.50. The van der Waals surface area contributed by atoms with E-state index in [9.17, 15) is 24.0 Å². The van der Waals surface area contributed by atoms with Crippen LogP contribution in [0.3, 0.4) is 0 Å². The number of nitrogens with zero attached hydrogens (tertiary/aromatic N) is 4. The maximum Gasteiger partial charge on any atom is 0.409 e. The molecule has 0 spiro atoms. The zero-order chi connectivity index (χ0) is 27.8. The summed E-state index contributed by atoms with van der Waals surface area (Å²) in [6, 6.07) is 2.60. The van der Waals surface area contributed by atoms with Crippen molar-refractivity contribution in [2.75, 3.05) is 53.0 Å². The number of pyridine rings is 1. The fourth-order valence-electron chi connectivity index (χ4n) is 4.83. The molecule has 4 amide bonds. The molecule has 3 heterocycles. The van der Waals surface area contributed by atoms with Crippen LogP contribution in [-0.4, -0.2) is 108 Å². The van der Waals surface area contributed by atoms with Crippen molar-refractivity contribution < 1.29 is 33.4 Å². The molecule has 38 heavy (non-hydrogen) atoms. The molecule has 12 nitrogen and oxygen atoms in total. The van der Waals surface area contributed by atoms with E-state index in [0.717, 1.165) is 11.4 Å². The molecule has 208 valence electrons. The van der Waals surface area contributed by atoms with E-state index in [1.165, 1.54) is 14.0 Å². The summed E-state index contributed by atoms with van der Waals surface area (Å²) in [4.78, 5) is 71.4. The third-order valence-corrected chi connectivity index (χ3v) is 6.86. The number of rotatable bonds is 7. The number of hydrogen-bond acceptors (Lipinski definition) is 8. The summed E-state index contributed by atoms with van der Waals surface area (Å²) in [6.45, 7) is 7.74. The lowest BCUT2D eigenvalue weighted by Crippen LogP contribution is -2.51. The number of methoxy groups -OCH3 is 1. The first-order chi connectivity index (χ1) is 18.1. The van der Waals surface area contributed by atoms with Crippen LogP contribution in [0.2, 0.25) is 0 Å². The Kier molecular flexibility index (Phi) is 10.0. The number of aromatic nitrogens is 1. The van der Waals surface area contributed by atoms with Gasteiger partial charge in [-0.3, -0.25) is 19.4 Å². The number of nitrogens with one attached hydrogen (secondary N) is 1. The molecule has 2 aliphatic rings. The molecule has 1 atom stereocenters. The molecule has 0 aromatic carbocycles. The Balaban J connectivity index is 1.64. The van der Waals surface area contributed by atoms with Gasteiger partial charge in [0.2, 0.25) is 11.8 Å². The fraction of sp³-hybridized carbons (Fsp3) is 0.615. The minimum Gasteiger partial charge on any atom is -0.467 e. The van der Waals surface area contributed by atoms with Crippen LogP contribution >= 0.6 is 0 Å². The molecule has 1 unspecified atom stereocenters. The van der Waals surface area contributed by atoms with Gasteiger partial charge in [0, 0.05) is 57.8 Å². The normalized spacial score (nSPS) is 17.0. The molecule has 2 aliphatic heterocycles. The molecule has 0 bridgehead atoms. The van der Waals surface area contributed by atoms with Crippen LogP contribution < -0.4 is 5.32 Å². The quantitative estimate of drug-likeness (QED) is 0.516. The number of carbonyl (C=O) groups is 5. The second kappa shape index (κ2) is 13.2. The lowest BCUT2D eigenvalue weighted by atomic mass is 9.89. The van der Waals surface area contributed by atoms with Crippen molar-refractivity contribution in [3.63, 3.8) is 0 Å². The lowest BCUT2D eigenvalue weighted by Gasteiger charge is -2.35. The highest BCUT2D eigenvalue weighted by Gasteiger charge is 2.33. The Morgan fingerprint density at radius 1 is 1.00 bits per heavy atom. The topological polar surface area (TPSA) is 138 Å². The van der Waals surface area contributed by atoms with E-state index in [0.29, 0.717) is 64.3 Å². The van der Waals surface area contributed by atoms with Gasteiger partial charge in [0.15, 0.2) is 0 Å². The van der Waals surface area contributed by atoms with E-state index < -0.39 is 17.9 Å². The van der Waals surface area contributed by atoms with Crippen LogP contribution in [0.25, 0.3) is 0 Å². The van der Waals surface area contributed by atoms with Crippen molar-refractivity contribution in [3.8, 4) is 0 Å². The zero-order valence-corrected chi connectivity index (χ0v) is 22.5. The van der Waals surface area contributed by atoms with Crippen molar-refractivity contribution in [2.45, 2.75) is 52.0 Å². The van der Waals surface area contributed by atoms with Crippen molar-refractivity contribution in [1.29, 1.82) is 0 Å². The Morgan fingerprint density at radius 3 is 2.21 bits per heavy atom. The molecule has 0 saturated carbocycles. The highest BCUT2D eigenvalue weighted by Crippen LogP contribution is 2.30. The monoisotopic (exact) mass is 531 g/mol. The van der Waals surface area contributed by atoms with Gasteiger partial charge in [-0.05, 0) is 38.8 Å².